The van der Waals surface area contributed by atoms with Crippen LogP contribution in [-0.2, 0) is 14.8 Å². The summed E-state index contributed by atoms with van der Waals surface area (Å²) in [6, 6.07) is 6.23. The van der Waals surface area contributed by atoms with E-state index in [1.165, 1.54) is 15.4 Å². The highest BCUT2D eigenvalue weighted by atomic mass is 32.2. The minimum atomic E-state index is -3.23. The van der Waals surface area contributed by atoms with Gasteiger partial charge in [-0.15, -0.1) is 0 Å². The van der Waals surface area contributed by atoms with Crippen LogP contribution in [0.3, 0.4) is 0 Å². The van der Waals surface area contributed by atoms with Gasteiger partial charge in [-0.1, -0.05) is 30.7 Å². The molecule has 1 amide bonds. The first-order valence-corrected chi connectivity index (χ1v) is 10.7. The number of hydrogen-bond donors (Lipinski definition) is 1. The van der Waals surface area contributed by atoms with Crippen molar-refractivity contribution in [3.63, 3.8) is 0 Å². The molecule has 5 nitrogen and oxygen atoms in total. The van der Waals surface area contributed by atoms with Crippen LogP contribution in [0.15, 0.2) is 18.2 Å². The summed E-state index contributed by atoms with van der Waals surface area (Å²) in [4.78, 5) is 12.7. The molecule has 1 aliphatic rings. The average Bonchev–Trinajstić information content (AvgIpc) is 2.60. The Balaban J connectivity index is 2.09. The second-order valence-electron chi connectivity index (χ2n) is 6.93. The fraction of sp³-hybridized carbons (Fsp3) is 0.632. The largest absolute Gasteiger partial charge is 0.349 e. The lowest BCUT2D eigenvalue weighted by molar-refractivity contribution is -0.126. The molecule has 0 aliphatic carbocycles. The summed E-state index contributed by atoms with van der Waals surface area (Å²) in [5.74, 6) is -0.223. The Morgan fingerprint density at radius 2 is 2.04 bits per heavy atom. The predicted octanol–water partition coefficient (Wildman–Crippen LogP) is 2.93. The standard InChI is InChI=1S/C19H30N2O3S/c1-5-18(17-10-9-14(3)12-15(17)4)20-19(22)16-8-7-11-21(13-16)25(23,24)6-2/h9-10,12,16,18H,5-8,11,13H2,1-4H3,(H,20,22). The van der Waals surface area contributed by atoms with Crippen LogP contribution in [-0.4, -0.2) is 37.5 Å². The van der Waals surface area contributed by atoms with Crippen molar-refractivity contribution in [1.82, 2.24) is 9.62 Å². The van der Waals surface area contributed by atoms with Gasteiger partial charge < -0.3 is 5.32 Å². The maximum absolute atomic E-state index is 12.7. The Labute approximate surface area is 151 Å². The predicted molar refractivity (Wildman–Crippen MR) is 101 cm³/mol. The molecule has 0 saturated carbocycles. The van der Waals surface area contributed by atoms with Gasteiger partial charge in [0.2, 0.25) is 15.9 Å². The van der Waals surface area contributed by atoms with Crippen LogP contribution in [0, 0.1) is 19.8 Å². The number of amides is 1. The number of rotatable bonds is 6. The molecule has 2 atom stereocenters. The van der Waals surface area contributed by atoms with Crippen molar-refractivity contribution in [2.24, 2.45) is 5.92 Å². The van der Waals surface area contributed by atoms with Crippen LogP contribution in [0.4, 0.5) is 0 Å². The van der Waals surface area contributed by atoms with Gasteiger partial charge in [0.1, 0.15) is 0 Å². The lowest BCUT2D eigenvalue weighted by Crippen LogP contribution is -2.46. The summed E-state index contributed by atoms with van der Waals surface area (Å²) < 4.78 is 25.7. The molecule has 1 aromatic carbocycles. The zero-order chi connectivity index (χ0) is 18.6. The molecule has 0 bridgehead atoms. The van der Waals surface area contributed by atoms with E-state index in [0.717, 1.165) is 24.8 Å². The summed E-state index contributed by atoms with van der Waals surface area (Å²) in [6.45, 7) is 8.64. The third-order valence-corrected chi connectivity index (χ3v) is 6.89. The molecule has 1 aliphatic heterocycles. The molecule has 25 heavy (non-hydrogen) atoms. The van der Waals surface area contributed by atoms with Gasteiger partial charge in [0.25, 0.3) is 0 Å². The molecule has 1 fully saturated rings. The second-order valence-corrected chi connectivity index (χ2v) is 9.18. The van der Waals surface area contributed by atoms with Gasteiger partial charge in [-0.05, 0) is 51.2 Å². The first-order valence-electron chi connectivity index (χ1n) is 9.13. The van der Waals surface area contributed by atoms with Crippen LogP contribution >= 0.6 is 0 Å². The molecule has 6 heteroatoms. The summed E-state index contributed by atoms with van der Waals surface area (Å²) in [5.41, 5.74) is 3.51. The fourth-order valence-electron chi connectivity index (χ4n) is 3.50. The minimum Gasteiger partial charge on any atom is -0.349 e. The highest BCUT2D eigenvalue weighted by Crippen LogP contribution is 2.24. The van der Waals surface area contributed by atoms with E-state index >= 15 is 0 Å². The van der Waals surface area contributed by atoms with Crippen LogP contribution in [0.1, 0.15) is 55.8 Å². The quantitative estimate of drug-likeness (QED) is 0.842. The van der Waals surface area contributed by atoms with Gasteiger partial charge in [0, 0.05) is 13.1 Å². The monoisotopic (exact) mass is 366 g/mol. The molecule has 1 saturated heterocycles. The minimum absolute atomic E-state index is 0.0359. The first-order chi connectivity index (χ1) is 11.8. The average molecular weight is 367 g/mol. The summed E-state index contributed by atoms with van der Waals surface area (Å²) in [7, 11) is -3.23. The maximum atomic E-state index is 12.7. The van der Waals surface area contributed by atoms with E-state index in [9.17, 15) is 13.2 Å². The Hall–Kier alpha value is -1.40. The lowest BCUT2D eigenvalue weighted by atomic mass is 9.95. The van der Waals surface area contributed by atoms with Gasteiger partial charge in [-0.25, -0.2) is 12.7 Å². The third-order valence-electron chi connectivity index (χ3n) is 5.04. The third kappa shape index (κ3) is 4.82. The molecule has 1 heterocycles. The number of nitrogens with one attached hydrogen (secondary N) is 1. The normalized spacial score (nSPS) is 20.2. The summed E-state index contributed by atoms with van der Waals surface area (Å²) >= 11 is 0. The number of hydrogen-bond acceptors (Lipinski definition) is 3. The molecular formula is C19H30N2O3S. The lowest BCUT2D eigenvalue weighted by Gasteiger charge is -2.32. The molecule has 0 spiro atoms. The van der Waals surface area contributed by atoms with E-state index in [1.807, 2.05) is 0 Å². The van der Waals surface area contributed by atoms with Crippen LogP contribution < -0.4 is 5.32 Å². The Morgan fingerprint density at radius 1 is 1.32 bits per heavy atom. The fourth-order valence-corrected chi connectivity index (χ4v) is 4.68. The second kappa shape index (κ2) is 8.32. The van der Waals surface area contributed by atoms with Crippen LogP contribution in [0.5, 0.6) is 0 Å². The van der Waals surface area contributed by atoms with Crippen molar-refractivity contribution in [3.05, 3.63) is 34.9 Å². The summed E-state index contributed by atoms with van der Waals surface area (Å²) in [6.07, 6.45) is 2.28. The molecule has 0 radical (unpaired) electrons. The molecule has 0 aromatic heterocycles. The SMILES string of the molecule is CCC(NC(=O)C1CCCN(S(=O)(=O)CC)C1)c1ccc(C)cc1C. The number of sulfonamides is 1. The topological polar surface area (TPSA) is 66.5 Å². The van der Waals surface area contributed by atoms with E-state index in [4.69, 9.17) is 0 Å². The van der Waals surface area contributed by atoms with Crippen molar-refractivity contribution in [1.29, 1.82) is 0 Å². The first kappa shape index (κ1) is 19.9. The Bertz CT molecular complexity index is 715. The molecular weight excluding hydrogens is 336 g/mol. The van der Waals surface area contributed by atoms with Gasteiger partial charge in [0.05, 0.1) is 17.7 Å². The van der Waals surface area contributed by atoms with Gasteiger partial charge in [-0.3, -0.25) is 4.79 Å². The smallest absolute Gasteiger partial charge is 0.224 e. The van der Waals surface area contributed by atoms with Crippen molar-refractivity contribution < 1.29 is 13.2 Å². The van der Waals surface area contributed by atoms with Crippen LogP contribution in [0.25, 0.3) is 0 Å². The zero-order valence-corrected chi connectivity index (χ0v) is 16.5. The van der Waals surface area contributed by atoms with E-state index < -0.39 is 10.0 Å². The van der Waals surface area contributed by atoms with E-state index in [2.05, 4.69) is 44.3 Å². The number of benzene rings is 1. The zero-order valence-electron chi connectivity index (χ0n) is 15.7. The van der Waals surface area contributed by atoms with E-state index in [-0.39, 0.29) is 23.6 Å². The highest BCUT2D eigenvalue weighted by molar-refractivity contribution is 7.89. The van der Waals surface area contributed by atoms with Crippen LogP contribution in [0.2, 0.25) is 0 Å². The van der Waals surface area contributed by atoms with Crippen molar-refractivity contribution >= 4 is 15.9 Å². The Kier molecular flexibility index (Phi) is 6.63. The van der Waals surface area contributed by atoms with Crippen molar-refractivity contribution in [2.45, 2.75) is 53.0 Å². The summed E-state index contributed by atoms with van der Waals surface area (Å²) in [5, 5.41) is 3.14. The number of piperidine rings is 1. The Morgan fingerprint density at radius 3 is 2.64 bits per heavy atom. The number of carbonyl (C=O) groups is 1. The molecule has 2 rings (SSSR count). The highest BCUT2D eigenvalue weighted by Gasteiger charge is 2.32. The van der Waals surface area contributed by atoms with E-state index in [0.29, 0.717) is 13.1 Å². The van der Waals surface area contributed by atoms with Crippen molar-refractivity contribution in [3.8, 4) is 0 Å². The van der Waals surface area contributed by atoms with Gasteiger partial charge >= 0.3 is 0 Å². The van der Waals surface area contributed by atoms with Gasteiger partial charge in [0.15, 0.2) is 0 Å². The maximum Gasteiger partial charge on any atom is 0.224 e. The number of nitrogens with zero attached hydrogens (tertiary/aromatic N) is 1. The number of carbonyl (C=O) groups excluding carboxylic acids is 1. The van der Waals surface area contributed by atoms with E-state index in [1.54, 1.807) is 6.92 Å². The number of aryl methyl sites for hydroxylation is 2. The molecule has 1 N–H and O–H groups in total. The molecule has 2 unspecified atom stereocenters. The molecule has 140 valence electrons. The molecule has 1 aromatic rings. The van der Waals surface area contributed by atoms with Gasteiger partial charge in [-0.2, -0.15) is 0 Å². The van der Waals surface area contributed by atoms with Crippen molar-refractivity contribution in [2.75, 3.05) is 18.8 Å².